The van der Waals surface area contributed by atoms with E-state index in [1.165, 1.54) is 17.0 Å². The number of anilines is 1. The molecule has 224 valence electrons. The van der Waals surface area contributed by atoms with Gasteiger partial charge in [0.1, 0.15) is 12.6 Å². The highest BCUT2D eigenvalue weighted by Crippen LogP contribution is 2.30. The van der Waals surface area contributed by atoms with Gasteiger partial charge in [-0.05, 0) is 79.8 Å². The maximum absolute atomic E-state index is 14.2. The maximum Gasteiger partial charge on any atom is 0.264 e. The molecule has 0 spiro atoms. The Morgan fingerprint density at radius 3 is 2.26 bits per heavy atom. The van der Waals surface area contributed by atoms with Crippen LogP contribution in [0.5, 0.6) is 0 Å². The fourth-order valence-electron chi connectivity index (χ4n) is 5.25. The van der Waals surface area contributed by atoms with E-state index in [0.717, 1.165) is 30.0 Å². The number of hydrogen-bond donors (Lipinski definition) is 1. The molecule has 1 saturated carbocycles. The Hall–Kier alpha value is -2.78. The number of benzene rings is 3. The van der Waals surface area contributed by atoms with Crippen molar-refractivity contribution in [2.75, 3.05) is 10.8 Å². The van der Waals surface area contributed by atoms with Gasteiger partial charge in [0.05, 0.1) is 20.6 Å². The summed E-state index contributed by atoms with van der Waals surface area (Å²) in [7, 11) is -4.17. The summed E-state index contributed by atoms with van der Waals surface area (Å²) in [5, 5.41) is 4.22. The van der Waals surface area contributed by atoms with Gasteiger partial charge in [0.15, 0.2) is 0 Å². The number of amides is 2. The minimum atomic E-state index is -4.17. The normalized spacial score (nSPS) is 14.4. The van der Waals surface area contributed by atoms with Gasteiger partial charge in [0.25, 0.3) is 10.0 Å². The highest BCUT2D eigenvalue weighted by molar-refractivity contribution is 7.92. The van der Waals surface area contributed by atoms with Crippen molar-refractivity contribution in [2.45, 2.75) is 69.5 Å². The molecular formula is C31H34Cl3N3O4S. The lowest BCUT2D eigenvalue weighted by Gasteiger charge is -2.34. The minimum Gasteiger partial charge on any atom is -0.352 e. The van der Waals surface area contributed by atoms with Crippen LogP contribution in [0.4, 0.5) is 5.69 Å². The summed E-state index contributed by atoms with van der Waals surface area (Å²) in [5.74, 6) is -0.804. The molecule has 0 aromatic heterocycles. The Kier molecular flexibility index (Phi) is 10.8. The first-order valence-corrected chi connectivity index (χ1v) is 16.5. The molecule has 3 aromatic rings. The lowest BCUT2D eigenvalue weighted by Crippen LogP contribution is -2.53. The second-order valence-corrected chi connectivity index (χ2v) is 13.6. The van der Waals surface area contributed by atoms with Gasteiger partial charge < -0.3 is 10.2 Å². The Morgan fingerprint density at radius 1 is 0.952 bits per heavy atom. The van der Waals surface area contributed by atoms with Gasteiger partial charge in [0.2, 0.25) is 11.8 Å². The van der Waals surface area contributed by atoms with Gasteiger partial charge >= 0.3 is 0 Å². The molecule has 42 heavy (non-hydrogen) atoms. The SMILES string of the molecule is CCC(C(=O)NC1CCCC1)N(Cc1ccc(Cl)c(Cl)c1)C(=O)CN(c1ccc(Cl)cc1C)S(=O)(=O)c1ccccc1. The summed E-state index contributed by atoms with van der Waals surface area (Å²) < 4.78 is 29.0. The van der Waals surface area contributed by atoms with Gasteiger partial charge in [-0.25, -0.2) is 8.42 Å². The van der Waals surface area contributed by atoms with Crippen LogP contribution in [-0.2, 0) is 26.2 Å². The predicted octanol–water partition coefficient (Wildman–Crippen LogP) is 7.02. The molecule has 1 unspecified atom stereocenters. The zero-order valence-electron chi connectivity index (χ0n) is 23.5. The Bertz CT molecular complexity index is 1530. The molecule has 2 amide bonds. The van der Waals surface area contributed by atoms with E-state index in [-0.39, 0.29) is 23.4 Å². The summed E-state index contributed by atoms with van der Waals surface area (Å²) in [5.41, 5.74) is 1.55. The molecule has 1 fully saturated rings. The number of hydrogen-bond acceptors (Lipinski definition) is 4. The van der Waals surface area contributed by atoms with E-state index in [0.29, 0.717) is 38.3 Å². The Morgan fingerprint density at radius 2 is 1.64 bits per heavy atom. The molecule has 11 heteroatoms. The van der Waals surface area contributed by atoms with Crippen molar-refractivity contribution in [3.8, 4) is 0 Å². The first-order chi connectivity index (χ1) is 20.0. The quantitative estimate of drug-likeness (QED) is 0.242. The summed E-state index contributed by atoms with van der Waals surface area (Å²) in [6, 6.07) is 17.0. The fourth-order valence-corrected chi connectivity index (χ4v) is 7.30. The van der Waals surface area contributed by atoms with Gasteiger partial charge in [-0.3, -0.25) is 13.9 Å². The number of nitrogens with one attached hydrogen (secondary N) is 1. The lowest BCUT2D eigenvalue weighted by atomic mass is 10.1. The van der Waals surface area contributed by atoms with Gasteiger partial charge in [-0.15, -0.1) is 0 Å². The fraction of sp³-hybridized carbons (Fsp3) is 0.355. The zero-order valence-corrected chi connectivity index (χ0v) is 26.6. The molecule has 0 saturated heterocycles. The monoisotopic (exact) mass is 649 g/mol. The minimum absolute atomic E-state index is 0.0329. The molecule has 1 atom stereocenters. The predicted molar refractivity (Wildman–Crippen MR) is 169 cm³/mol. The van der Waals surface area contributed by atoms with Crippen molar-refractivity contribution in [1.29, 1.82) is 0 Å². The number of halogens is 3. The standard InChI is InChI=1S/C31H34Cl3N3O4S/c1-3-28(31(39)35-24-9-7-8-10-24)36(19-22-13-15-26(33)27(34)18-22)30(38)20-37(29-16-14-23(32)17-21(29)2)42(40,41)25-11-5-4-6-12-25/h4-6,11-18,24,28H,3,7-10,19-20H2,1-2H3,(H,35,39). The Labute approximate surface area is 262 Å². The van der Waals surface area contributed by atoms with Crippen LogP contribution >= 0.6 is 34.8 Å². The smallest absolute Gasteiger partial charge is 0.264 e. The molecule has 1 aliphatic rings. The van der Waals surface area contributed by atoms with E-state index >= 15 is 0 Å². The van der Waals surface area contributed by atoms with Crippen LogP contribution in [0.25, 0.3) is 0 Å². The van der Waals surface area contributed by atoms with Crippen LogP contribution in [0.3, 0.4) is 0 Å². The molecule has 1 aliphatic carbocycles. The van der Waals surface area contributed by atoms with Crippen LogP contribution in [0.1, 0.15) is 50.2 Å². The molecular weight excluding hydrogens is 617 g/mol. The van der Waals surface area contributed by atoms with Crippen LogP contribution in [0, 0.1) is 6.92 Å². The van der Waals surface area contributed by atoms with E-state index in [4.69, 9.17) is 34.8 Å². The summed E-state index contributed by atoms with van der Waals surface area (Å²) in [6.45, 7) is 3.06. The molecule has 7 nitrogen and oxygen atoms in total. The van der Waals surface area contributed by atoms with Gasteiger partial charge in [-0.2, -0.15) is 0 Å². The second kappa shape index (κ2) is 14.1. The first kappa shape index (κ1) is 32.1. The van der Waals surface area contributed by atoms with E-state index in [1.54, 1.807) is 61.5 Å². The average molecular weight is 651 g/mol. The highest BCUT2D eigenvalue weighted by atomic mass is 35.5. The van der Waals surface area contributed by atoms with Crippen molar-refractivity contribution >= 4 is 62.3 Å². The van der Waals surface area contributed by atoms with Crippen molar-refractivity contribution < 1.29 is 18.0 Å². The van der Waals surface area contributed by atoms with Crippen molar-refractivity contribution in [1.82, 2.24) is 10.2 Å². The number of rotatable bonds is 11. The van der Waals surface area contributed by atoms with E-state index in [2.05, 4.69) is 5.32 Å². The number of carbonyl (C=O) groups is 2. The number of nitrogens with zero attached hydrogens (tertiary/aromatic N) is 2. The van der Waals surface area contributed by atoms with Gasteiger partial charge in [-0.1, -0.05) is 78.8 Å². The second-order valence-electron chi connectivity index (χ2n) is 10.4. The van der Waals surface area contributed by atoms with Crippen LogP contribution < -0.4 is 9.62 Å². The van der Waals surface area contributed by atoms with Crippen LogP contribution in [0.2, 0.25) is 15.1 Å². The third-order valence-corrected chi connectivity index (χ3v) is 10.2. The summed E-state index contributed by atoms with van der Waals surface area (Å²) >= 11 is 18.6. The van der Waals surface area contributed by atoms with Crippen LogP contribution in [0.15, 0.2) is 71.6 Å². The largest absolute Gasteiger partial charge is 0.352 e. The maximum atomic E-state index is 14.2. The molecule has 0 heterocycles. The Balaban J connectivity index is 1.74. The molecule has 4 rings (SSSR count). The molecule has 0 radical (unpaired) electrons. The van der Waals surface area contributed by atoms with Crippen molar-refractivity contribution in [2.24, 2.45) is 0 Å². The first-order valence-electron chi connectivity index (χ1n) is 13.9. The van der Waals surface area contributed by atoms with Gasteiger partial charge in [0, 0.05) is 17.6 Å². The lowest BCUT2D eigenvalue weighted by molar-refractivity contribution is -0.140. The van der Waals surface area contributed by atoms with Crippen molar-refractivity contribution in [3.05, 3.63) is 92.9 Å². The average Bonchev–Trinajstić information content (AvgIpc) is 3.47. The number of carbonyl (C=O) groups excluding carboxylic acids is 2. The number of sulfonamides is 1. The topological polar surface area (TPSA) is 86.8 Å². The summed E-state index contributed by atoms with van der Waals surface area (Å²) in [6.07, 6.45) is 4.20. The zero-order chi connectivity index (χ0) is 30.4. The molecule has 1 N–H and O–H groups in total. The molecule has 3 aromatic carbocycles. The third kappa shape index (κ3) is 7.59. The van der Waals surface area contributed by atoms with E-state index in [9.17, 15) is 18.0 Å². The molecule has 0 bridgehead atoms. The van der Waals surface area contributed by atoms with Crippen molar-refractivity contribution in [3.63, 3.8) is 0 Å². The van der Waals surface area contributed by atoms with E-state index < -0.39 is 28.5 Å². The number of aryl methyl sites for hydroxylation is 1. The van der Waals surface area contributed by atoms with Crippen LogP contribution in [-0.4, -0.2) is 43.8 Å². The highest BCUT2D eigenvalue weighted by Gasteiger charge is 2.35. The van der Waals surface area contributed by atoms with E-state index in [1.807, 2.05) is 6.92 Å². The summed E-state index contributed by atoms with van der Waals surface area (Å²) in [4.78, 5) is 29.3. The third-order valence-electron chi connectivity index (χ3n) is 7.46. The molecule has 0 aliphatic heterocycles.